The Morgan fingerprint density at radius 3 is 2.64 bits per heavy atom. The van der Waals surface area contributed by atoms with Crippen molar-refractivity contribution in [1.29, 1.82) is 0 Å². The fraction of sp³-hybridized carbons (Fsp3) is 0.471. The number of anilines is 1. The molecule has 28 heavy (non-hydrogen) atoms. The summed E-state index contributed by atoms with van der Waals surface area (Å²) in [7, 11) is -2.26. The summed E-state index contributed by atoms with van der Waals surface area (Å²) in [6.45, 7) is 8.09. The lowest BCUT2D eigenvalue weighted by Crippen LogP contribution is -2.17. The lowest BCUT2D eigenvalue weighted by atomic mass is 10.2. The van der Waals surface area contributed by atoms with E-state index in [4.69, 9.17) is 0 Å². The molecule has 1 aromatic rings. The quantitative estimate of drug-likeness (QED) is 0.566. The molecule has 0 radical (unpaired) electrons. The number of sulfonamides is 1. The molecule has 0 saturated carbocycles. The van der Waals surface area contributed by atoms with E-state index in [-0.39, 0.29) is 10.8 Å². The van der Waals surface area contributed by atoms with Gasteiger partial charge >= 0.3 is 5.69 Å². The van der Waals surface area contributed by atoms with Crippen LogP contribution in [0.25, 0.3) is 5.69 Å². The normalized spacial score (nSPS) is 12.2. The molecular weight excluding hydrogens is 418 g/mol. The monoisotopic (exact) mass is 441 g/mol. The summed E-state index contributed by atoms with van der Waals surface area (Å²) >= 11 is 3.17. The maximum Gasteiger partial charge on any atom is 0.354 e. The van der Waals surface area contributed by atoms with Gasteiger partial charge in [-0.2, -0.15) is 13.4 Å². The van der Waals surface area contributed by atoms with Crippen LogP contribution >= 0.6 is 23.1 Å². The maximum atomic E-state index is 12.7. The van der Waals surface area contributed by atoms with Crippen LogP contribution in [0.5, 0.6) is 0 Å². The van der Waals surface area contributed by atoms with Crippen molar-refractivity contribution < 1.29 is 8.42 Å². The van der Waals surface area contributed by atoms with Crippen LogP contribution in [0.3, 0.4) is 0 Å². The number of aromatic nitrogens is 4. The lowest BCUT2D eigenvalue weighted by Gasteiger charge is -2.16. The van der Waals surface area contributed by atoms with Crippen LogP contribution < -0.4 is 10.4 Å². The molecule has 2 aliphatic rings. The summed E-state index contributed by atoms with van der Waals surface area (Å²) in [6.07, 6.45) is 3.82. The van der Waals surface area contributed by atoms with Gasteiger partial charge in [0.2, 0.25) is 0 Å². The van der Waals surface area contributed by atoms with E-state index in [9.17, 15) is 13.2 Å². The van der Waals surface area contributed by atoms with Crippen molar-refractivity contribution in [3.63, 3.8) is 0 Å². The third-order valence-electron chi connectivity index (χ3n) is 4.25. The molecule has 0 aliphatic carbocycles. The van der Waals surface area contributed by atoms with Crippen LogP contribution in [0.2, 0.25) is 0 Å². The number of imidazole rings is 2. The molecule has 1 aromatic heterocycles. The van der Waals surface area contributed by atoms with Crippen molar-refractivity contribution in [1.82, 2.24) is 19.1 Å². The highest BCUT2D eigenvalue weighted by atomic mass is 32.2. The minimum atomic E-state index is -3.95. The standard InChI is InChI=1S/C17H23N5O3S3/c1-10(2)6-7-26-16-14-15(19-17(23)22(14)11(3)12(4)27-16)20-28(24,25)13-8-21(5)9-18-13/h8-10H,6-7H2,1-5H3,(H,19,20,23). The molecule has 3 rings (SSSR count). The van der Waals surface area contributed by atoms with Gasteiger partial charge in [0, 0.05) is 23.8 Å². The molecule has 0 saturated heterocycles. The fourth-order valence-corrected chi connectivity index (χ4v) is 6.34. The van der Waals surface area contributed by atoms with Gasteiger partial charge in [-0.05, 0) is 31.9 Å². The molecule has 0 bridgehead atoms. The van der Waals surface area contributed by atoms with E-state index in [2.05, 4.69) is 28.5 Å². The molecule has 0 spiro atoms. The highest BCUT2D eigenvalue weighted by molar-refractivity contribution is 8.01. The molecule has 11 heteroatoms. The van der Waals surface area contributed by atoms with E-state index >= 15 is 0 Å². The number of hydrogen-bond acceptors (Lipinski definition) is 7. The van der Waals surface area contributed by atoms with Gasteiger partial charge in [-0.15, -0.1) is 23.1 Å². The first-order valence-electron chi connectivity index (χ1n) is 8.76. The molecule has 0 aromatic carbocycles. The minimum Gasteiger partial charge on any atom is -0.339 e. The number of thioether (sulfide) groups is 1. The van der Waals surface area contributed by atoms with Gasteiger partial charge in [0.1, 0.15) is 5.69 Å². The van der Waals surface area contributed by atoms with Crippen LogP contribution in [0, 0.1) is 19.8 Å². The van der Waals surface area contributed by atoms with E-state index in [1.807, 2.05) is 13.8 Å². The Hall–Kier alpha value is -1.85. The molecular formula is C17H23N5O3S3. The van der Waals surface area contributed by atoms with Crippen LogP contribution in [0.1, 0.15) is 30.8 Å². The highest BCUT2D eigenvalue weighted by Crippen LogP contribution is 2.38. The average Bonchev–Trinajstić information content (AvgIpc) is 3.16. The average molecular weight is 442 g/mol. The number of aryl methyl sites for hydroxylation is 2. The second kappa shape index (κ2) is 7.88. The van der Waals surface area contributed by atoms with Crippen molar-refractivity contribution in [2.45, 2.75) is 43.4 Å². The van der Waals surface area contributed by atoms with Gasteiger partial charge in [0.05, 0.1) is 10.5 Å². The predicted molar refractivity (Wildman–Crippen MR) is 113 cm³/mol. The number of nitrogens with one attached hydrogen (secondary N) is 1. The Labute approximate surface area is 172 Å². The second-order valence-corrected chi connectivity index (χ2v) is 11.2. The van der Waals surface area contributed by atoms with E-state index in [1.54, 1.807) is 34.7 Å². The zero-order chi connectivity index (χ0) is 20.6. The molecule has 1 N–H and O–H groups in total. The van der Waals surface area contributed by atoms with Gasteiger partial charge < -0.3 is 4.57 Å². The van der Waals surface area contributed by atoms with Gasteiger partial charge in [-0.25, -0.2) is 9.78 Å². The third kappa shape index (κ3) is 4.11. The molecule has 0 atom stereocenters. The van der Waals surface area contributed by atoms with Gasteiger partial charge in [-0.3, -0.25) is 9.29 Å². The van der Waals surface area contributed by atoms with E-state index in [0.717, 1.165) is 27.0 Å². The van der Waals surface area contributed by atoms with Gasteiger partial charge in [0.25, 0.3) is 10.0 Å². The highest BCUT2D eigenvalue weighted by Gasteiger charge is 2.27. The molecule has 0 amide bonds. The molecule has 8 nitrogen and oxygen atoms in total. The third-order valence-corrected chi connectivity index (χ3v) is 7.95. The molecule has 2 aliphatic heterocycles. The number of hydrogen-bond donors (Lipinski definition) is 1. The molecule has 0 fully saturated rings. The summed E-state index contributed by atoms with van der Waals surface area (Å²) in [5, 5.41) is -0.120. The van der Waals surface area contributed by atoms with E-state index < -0.39 is 15.7 Å². The molecule has 0 unspecified atom stereocenters. The van der Waals surface area contributed by atoms with Crippen LogP contribution in [-0.4, -0.2) is 33.3 Å². The fourth-order valence-electron chi connectivity index (χ4n) is 2.58. The zero-order valence-corrected chi connectivity index (χ0v) is 18.8. The van der Waals surface area contributed by atoms with Crippen LogP contribution in [-0.2, 0) is 17.1 Å². The largest absolute Gasteiger partial charge is 0.354 e. The topological polar surface area (TPSA) is 98.9 Å². The Balaban J connectivity index is 2.07. The Bertz CT molecular complexity index is 1130. The van der Waals surface area contributed by atoms with Gasteiger partial charge in [0.15, 0.2) is 10.8 Å². The number of rotatable bonds is 7. The summed E-state index contributed by atoms with van der Waals surface area (Å²) in [5.74, 6) is 1.47. The molecule has 3 heterocycles. The van der Waals surface area contributed by atoms with Crippen molar-refractivity contribution in [2.75, 3.05) is 10.5 Å². The summed E-state index contributed by atoms with van der Waals surface area (Å²) in [4.78, 5) is 21.4. The van der Waals surface area contributed by atoms with Crippen molar-refractivity contribution in [2.24, 2.45) is 13.0 Å². The number of fused-ring (bicyclic) bond motifs is 1. The lowest BCUT2D eigenvalue weighted by molar-refractivity contribution is 0.598. The Morgan fingerprint density at radius 1 is 1.32 bits per heavy atom. The molecule has 152 valence electrons. The number of nitrogens with zero attached hydrogens (tertiary/aromatic N) is 4. The summed E-state index contributed by atoms with van der Waals surface area (Å²) in [5.41, 5.74) is 0.771. The zero-order valence-electron chi connectivity index (χ0n) is 16.4. The van der Waals surface area contributed by atoms with Crippen LogP contribution in [0.4, 0.5) is 5.82 Å². The Morgan fingerprint density at radius 2 is 2.04 bits per heavy atom. The second-order valence-electron chi connectivity index (χ2n) is 6.97. The minimum absolute atomic E-state index is 0.0436. The predicted octanol–water partition coefficient (Wildman–Crippen LogP) is 3.02. The van der Waals surface area contributed by atoms with Crippen LogP contribution in [0.15, 0.2) is 26.6 Å². The SMILES string of the molecule is Cc1sc(SCCC(C)C)c2c(NS(=O)(=O)c3cn(C)cn3)nc(=O)n-2c1C. The van der Waals surface area contributed by atoms with Crippen molar-refractivity contribution in [3.05, 3.63) is 33.6 Å². The van der Waals surface area contributed by atoms with Crippen molar-refractivity contribution in [3.8, 4) is 5.69 Å². The maximum absolute atomic E-state index is 12.7. The summed E-state index contributed by atoms with van der Waals surface area (Å²) < 4.78 is 31.7. The Kier molecular flexibility index (Phi) is 5.87. The first-order valence-corrected chi connectivity index (χ1v) is 12.0. The summed E-state index contributed by atoms with van der Waals surface area (Å²) in [6, 6.07) is 0. The van der Waals surface area contributed by atoms with Crippen molar-refractivity contribution >= 4 is 38.9 Å². The van der Waals surface area contributed by atoms with Gasteiger partial charge in [-0.1, -0.05) is 13.8 Å². The smallest absolute Gasteiger partial charge is 0.339 e. The van der Waals surface area contributed by atoms with E-state index in [1.165, 1.54) is 17.1 Å². The first kappa shape index (κ1) is 20.9. The van der Waals surface area contributed by atoms with E-state index in [0.29, 0.717) is 11.6 Å². The first-order chi connectivity index (χ1) is 13.1.